The predicted molar refractivity (Wildman–Crippen MR) is 76.7 cm³/mol. The van der Waals surface area contributed by atoms with Crippen LogP contribution in [0.5, 0.6) is 0 Å². The van der Waals surface area contributed by atoms with Crippen molar-refractivity contribution in [3.63, 3.8) is 0 Å². The molecule has 1 N–H and O–H groups in total. The van der Waals surface area contributed by atoms with Crippen LogP contribution in [0.2, 0.25) is 0 Å². The minimum absolute atomic E-state index is 0.0230. The van der Waals surface area contributed by atoms with Crippen LogP contribution in [-0.4, -0.2) is 34.0 Å². The summed E-state index contributed by atoms with van der Waals surface area (Å²) < 4.78 is 0. The highest BCUT2D eigenvalue weighted by Gasteiger charge is 2.47. The van der Waals surface area contributed by atoms with Crippen LogP contribution in [0.3, 0.4) is 0 Å². The molecule has 20 heavy (non-hydrogen) atoms. The van der Waals surface area contributed by atoms with Crippen molar-refractivity contribution in [3.8, 4) is 0 Å². The molecular formula is C15H19NO3S. The summed E-state index contributed by atoms with van der Waals surface area (Å²) >= 11 is 1.57. The van der Waals surface area contributed by atoms with E-state index in [9.17, 15) is 14.7 Å². The molecule has 0 aromatic carbocycles. The lowest BCUT2D eigenvalue weighted by molar-refractivity contribution is -0.149. The molecule has 4 nitrogen and oxygen atoms in total. The van der Waals surface area contributed by atoms with Crippen molar-refractivity contribution in [2.24, 2.45) is 5.92 Å². The Bertz CT molecular complexity index is 499. The molecule has 2 aliphatic rings. The van der Waals surface area contributed by atoms with E-state index in [2.05, 4.69) is 0 Å². The van der Waals surface area contributed by atoms with Crippen molar-refractivity contribution >= 4 is 23.2 Å². The second-order valence-corrected chi connectivity index (χ2v) is 6.59. The number of thiophene rings is 1. The average Bonchev–Trinajstić information content (AvgIpc) is 3.04. The Morgan fingerprint density at radius 1 is 1.35 bits per heavy atom. The third kappa shape index (κ3) is 2.46. The number of carboxylic acid groups (broad SMARTS) is 1. The van der Waals surface area contributed by atoms with Crippen LogP contribution in [0.4, 0.5) is 0 Å². The zero-order valence-corrected chi connectivity index (χ0v) is 12.1. The Kier molecular flexibility index (Phi) is 3.78. The fourth-order valence-electron chi connectivity index (χ4n) is 3.70. The van der Waals surface area contributed by atoms with E-state index in [1.165, 1.54) is 6.42 Å². The maximum absolute atomic E-state index is 12.5. The minimum Gasteiger partial charge on any atom is -0.480 e. The van der Waals surface area contributed by atoms with Gasteiger partial charge in [0.15, 0.2) is 0 Å². The Balaban J connectivity index is 1.79. The van der Waals surface area contributed by atoms with Crippen LogP contribution in [0.1, 0.15) is 37.7 Å². The Morgan fingerprint density at radius 2 is 2.15 bits per heavy atom. The van der Waals surface area contributed by atoms with Gasteiger partial charge in [-0.25, -0.2) is 4.79 Å². The average molecular weight is 293 g/mol. The van der Waals surface area contributed by atoms with E-state index in [4.69, 9.17) is 0 Å². The largest absolute Gasteiger partial charge is 0.480 e. The van der Waals surface area contributed by atoms with Gasteiger partial charge in [0.05, 0.1) is 6.42 Å². The zero-order valence-electron chi connectivity index (χ0n) is 11.3. The number of nitrogens with zero attached hydrogens (tertiary/aromatic N) is 1. The number of likely N-dealkylation sites (tertiary alicyclic amines) is 1. The molecule has 108 valence electrons. The molecule has 1 aliphatic carbocycles. The minimum atomic E-state index is -0.849. The van der Waals surface area contributed by atoms with Gasteiger partial charge in [-0.05, 0) is 47.6 Å². The Hall–Kier alpha value is -1.36. The van der Waals surface area contributed by atoms with Crippen molar-refractivity contribution in [2.45, 2.75) is 50.6 Å². The standard InChI is InChI=1S/C15H19NO3S/c17-14(7-10-5-6-20-9-10)16-12-4-2-1-3-11(12)8-13(16)15(18)19/h5-6,9,11-13H,1-4,7-8H2,(H,18,19)/t11-,12-,13+/m1/s1. The molecule has 1 amide bonds. The van der Waals surface area contributed by atoms with Gasteiger partial charge in [0.2, 0.25) is 5.91 Å². The van der Waals surface area contributed by atoms with E-state index < -0.39 is 12.0 Å². The van der Waals surface area contributed by atoms with Crippen LogP contribution in [0.15, 0.2) is 16.8 Å². The highest BCUT2D eigenvalue weighted by Crippen LogP contribution is 2.40. The van der Waals surface area contributed by atoms with Gasteiger partial charge >= 0.3 is 5.97 Å². The lowest BCUT2D eigenvalue weighted by atomic mass is 9.84. The SMILES string of the molecule is O=C(O)[C@@H]1C[C@H]2CCCC[C@H]2N1C(=O)Cc1ccsc1. The first-order chi connectivity index (χ1) is 9.66. The van der Waals surface area contributed by atoms with Gasteiger partial charge in [-0.2, -0.15) is 11.3 Å². The van der Waals surface area contributed by atoms with Gasteiger partial charge in [-0.3, -0.25) is 4.79 Å². The number of carbonyl (C=O) groups is 2. The quantitative estimate of drug-likeness (QED) is 0.931. The summed E-state index contributed by atoms with van der Waals surface area (Å²) in [6.07, 6.45) is 5.27. The number of amides is 1. The summed E-state index contributed by atoms with van der Waals surface area (Å²) in [5.74, 6) is -0.487. The van der Waals surface area contributed by atoms with Gasteiger partial charge in [0.1, 0.15) is 6.04 Å². The summed E-state index contributed by atoms with van der Waals surface area (Å²) in [6.45, 7) is 0. The van der Waals surface area contributed by atoms with Gasteiger partial charge in [-0.1, -0.05) is 12.8 Å². The molecule has 1 aliphatic heterocycles. The molecule has 2 fully saturated rings. The molecule has 5 heteroatoms. The predicted octanol–water partition coefficient (Wildman–Crippen LogP) is 2.53. The van der Waals surface area contributed by atoms with Crippen LogP contribution >= 0.6 is 11.3 Å². The summed E-state index contributed by atoms with van der Waals surface area (Å²) in [7, 11) is 0. The first-order valence-electron chi connectivity index (χ1n) is 7.22. The van der Waals surface area contributed by atoms with Crippen LogP contribution in [0, 0.1) is 5.92 Å². The van der Waals surface area contributed by atoms with Gasteiger partial charge in [-0.15, -0.1) is 0 Å². The molecule has 3 rings (SSSR count). The smallest absolute Gasteiger partial charge is 0.326 e. The lowest BCUT2D eigenvalue weighted by Gasteiger charge is -2.33. The highest BCUT2D eigenvalue weighted by atomic mass is 32.1. The molecule has 1 saturated carbocycles. The normalized spacial score (nSPS) is 29.2. The van der Waals surface area contributed by atoms with Crippen molar-refractivity contribution in [1.82, 2.24) is 4.90 Å². The number of carboxylic acids is 1. The van der Waals surface area contributed by atoms with E-state index in [1.54, 1.807) is 16.2 Å². The summed E-state index contributed by atoms with van der Waals surface area (Å²) in [4.78, 5) is 25.7. The number of hydrogen-bond donors (Lipinski definition) is 1. The summed E-state index contributed by atoms with van der Waals surface area (Å²) in [6, 6.07) is 1.47. The highest BCUT2D eigenvalue weighted by molar-refractivity contribution is 7.07. The fourth-order valence-corrected chi connectivity index (χ4v) is 4.37. The van der Waals surface area contributed by atoms with E-state index in [0.717, 1.165) is 24.8 Å². The van der Waals surface area contributed by atoms with Crippen molar-refractivity contribution in [1.29, 1.82) is 0 Å². The van der Waals surface area contributed by atoms with Crippen molar-refractivity contribution in [3.05, 3.63) is 22.4 Å². The second-order valence-electron chi connectivity index (χ2n) is 5.81. The van der Waals surface area contributed by atoms with Crippen LogP contribution in [0.25, 0.3) is 0 Å². The van der Waals surface area contributed by atoms with Crippen molar-refractivity contribution < 1.29 is 14.7 Å². The fraction of sp³-hybridized carbons (Fsp3) is 0.600. The number of carbonyl (C=O) groups excluding carboxylic acids is 1. The summed E-state index contributed by atoms with van der Waals surface area (Å²) in [5, 5.41) is 13.3. The van der Waals surface area contributed by atoms with Crippen molar-refractivity contribution in [2.75, 3.05) is 0 Å². The Labute approximate surface area is 122 Å². The number of hydrogen-bond acceptors (Lipinski definition) is 3. The van der Waals surface area contributed by atoms with Crippen LogP contribution < -0.4 is 0 Å². The van der Waals surface area contributed by atoms with Gasteiger partial charge in [0, 0.05) is 6.04 Å². The van der Waals surface area contributed by atoms with Gasteiger partial charge in [0.25, 0.3) is 0 Å². The molecule has 0 bridgehead atoms. The van der Waals surface area contributed by atoms with Crippen LogP contribution in [-0.2, 0) is 16.0 Å². The van der Waals surface area contributed by atoms with E-state index in [0.29, 0.717) is 18.8 Å². The molecule has 0 radical (unpaired) electrons. The first-order valence-corrected chi connectivity index (χ1v) is 8.16. The zero-order chi connectivity index (χ0) is 14.1. The Morgan fingerprint density at radius 3 is 2.85 bits per heavy atom. The third-order valence-electron chi connectivity index (χ3n) is 4.60. The van der Waals surface area contributed by atoms with E-state index in [1.807, 2.05) is 16.8 Å². The molecular weight excluding hydrogens is 274 g/mol. The number of fused-ring (bicyclic) bond motifs is 1. The first kappa shape index (κ1) is 13.6. The molecule has 1 aromatic rings. The number of aliphatic carboxylic acids is 1. The van der Waals surface area contributed by atoms with Gasteiger partial charge < -0.3 is 10.0 Å². The van der Waals surface area contributed by atoms with E-state index in [-0.39, 0.29) is 11.9 Å². The topological polar surface area (TPSA) is 57.6 Å². The van der Waals surface area contributed by atoms with E-state index >= 15 is 0 Å². The monoisotopic (exact) mass is 293 g/mol. The lowest BCUT2D eigenvalue weighted by Crippen LogP contribution is -2.46. The maximum atomic E-state index is 12.5. The maximum Gasteiger partial charge on any atom is 0.326 e. The molecule has 3 atom stereocenters. The second kappa shape index (κ2) is 5.56. The molecule has 0 unspecified atom stereocenters. The third-order valence-corrected chi connectivity index (χ3v) is 5.33. The molecule has 1 aromatic heterocycles. The molecule has 1 saturated heterocycles. The summed E-state index contributed by atoms with van der Waals surface area (Å²) in [5.41, 5.74) is 0.989. The molecule has 2 heterocycles. The molecule has 0 spiro atoms. The number of rotatable bonds is 3.